The van der Waals surface area contributed by atoms with Crippen molar-refractivity contribution in [1.82, 2.24) is 10.2 Å². The molecule has 0 saturated heterocycles. The van der Waals surface area contributed by atoms with E-state index in [-0.39, 0.29) is 0 Å². The van der Waals surface area contributed by atoms with Crippen LogP contribution in [0.1, 0.15) is 41.3 Å². The van der Waals surface area contributed by atoms with Crippen LogP contribution in [0.5, 0.6) is 0 Å². The summed E-state index contributed by atoms with van der Waals surface area (Å²) in [5, 5.41) is 18.3. The number of nitrogens with zero attached hydrogens (tertiary/aromatic N) is 2. The molecular formula is C16H15F3N2O. The van der Waals surface area contributed by atoms with Crippen LogP contribution in [0.15, 0.2) is 24.3 Å². The highest BCUT2D eigenvalue weighted by Crippen LogP contribution is 2.36. The summed E-state index contributed by atoms with van der Waals surface area (Å²) >= 11 is 0. The molecule has 0 aliphatic heterocycles. The average Bonchev–Trinajstić information content (AvgIpc) is 2.47. The van der Waals surface area contributed by atoms with Crippen LogP contribution < -0.4 is 0 Å². The highest BCUT2D eigenvalue weighted by molar-refractivity contribution is 5.65. The van der Waals surface area contributed by atoms with E-state index in [4.69, 9.17) is 0 Å². The van der Waals surface area contributed by atoms with Gasteiger partial charge in [0.2, 0.25) is 0 Å². The molecule has 3 rings (SSSR count). The van der Waals surface area contributed by atoms with Gasteiger partial charge in [-0.3, -0.25) is 0 Å². The van der Waals surface area contributed by atoms with Crippen LogP contribution in [-0.4, -0.2) is 15.3 Å². The second-order valence-electron chi connectivity index (χ2n) is 5.52. The van der Waals surface area contributed by atoms with Crippen LogP contribution in [0.3, 0.4) is 0 Å². The molecule has 3 nitrogen and oxygen atoms in total. The lowest BCUT2D eigenvalue weighted by molar-refractivity contribution is -0.137. The zero-order valence-electron chi connectivity index (χ0n) is 12.0. The summed E-state index contributed by atoms with van der Waals surface area (Å²) in [6.45, 7) is 1.78. The van der Waals surface area contributed by atoms with E-state index >= 15 is 0 Å². The van der Waals surface area contributed by atoms with Crippen molar-refractivity contribution in [1.29, 1.82) is 0 Å². The Morgan fingerprint density at radius 3 is 2.73 bits per heavy atom. The zero-order chi connectivity index (χ0) is 15.9. The lowest BCUT2D eigenvalue weighted by Gasteiger charge is -2.23. The van der Waals surface area contributed by atoms with E-state index in [1.165, 1.54) is 6.07 Å². The summed E-state index contributed by atoms with van der Waals surface area (Å²) < 4.78 is 38.5. The Morgan fingerprint density at radius 2 is 2.00 bits per heavy atom. The monoisotopic (exact) mass is 308 g/mol. The van der Waals surface area contributed by atoms with E-state index in [9.17, 15) is 18.3 Å². The standard InChI is InChI=1S/C16H15F3N2O/c1-9-14-12(6-3-7-13(14)22)20-21-15(9)10-4-2-5-11(8-10)16(17,18)19/h2,4-5,8,13,22H,3,6-7H2,1H3. The van der Waals surface area contributed by atoms with Crippen molar-refractivity contribution in [3.63, 3.8) is 0 Å². The molecule has 1 unspecified atom stereocenters. The molecule has 0 amide bonds. The number of hydrogen-bond donors (Lipinski definition) is 1. The second kappa shape index (κ2) is 5.35. The average molecular weight is 308 g/mol. The molecule has 1 aromatic carbocycles. The summed E-state index contributed by atoms with van der Waals surface area (Å²) in [6.07, 6.45) is -2.80. The summed E-state index contributed by atoms with van der Waals surface area (Å²) in [5.74, 6) is 0. The normalized spacial score (nSPS) is 18.1. The maximum Gasteiger partial charge on any atom is 0.416 e. The number of aryl methyl sites for hydroxylation is 1. The van der Waals surface area contributed by atoms with Crippen LogP contribution >= 0.6 is 0 Å². The van der Waals surface area contributed by atoms with Gasteiger partial charge in [-0.15, -0.1) is 5.10 Å². The highest BCUT2D eigenvalue weighted by atomic mass is 19.4. The van der Waals surface area contributed by atoms with Gasteiger partial charge in [-0.05, 0) is 43.9 Å². The first kappa shape index (κ1) is 15.0. The van der Waals surface area contributed by atoms with Gasteiger partial charge in [-0.2, -0.15) is 18.3 Å². The van der Waals surface area contributed by atoms with Gasteiger partial charge in [0.25, 0.3) is 0 Å². The Labute approximate surface area is 125 Å². The molecule has 2 aromatic rings. The number of hydrogen-bond acceptors (Lipinski definition) is 3. The molecular weight excluding hydrogens is 293 g/mol. The molecule has 1 N–H and O–H groups in total. The first-order valence-electron chi connectivity index (χ1n) is 7.09. The minimum absolute atomic E-state index is 0.361. The summed E-state index contributed by atoms with van der Waals surface area (Å²) in [4.78, 5) is 0. The highest BCUT2D eigenvalue weighted by Gasteiger charge is 2.31. The molecule has 1 atom stereocenters. The van der Waals surface area contributed by atoms with Crippen molar-refractivity contribution in [2.45, 2.75) is 38.5 Å². The van der Waals surface area contributed by atoms with E-state index in [1.807, 2.05) is 0 Å². The van der Waals surface area contributed by atoms with Crippen LogP contribution in [-0.2, 0) is 12.6 Å². The van der Waals surface area contributed by atoms with E-state index in [1.54, 1.807) is 13.0 Å². The Morgan fingerprint density at radius 1 is 1.23 bits per heavy atom. The van der Waals surface area contributed by atoms with Crippen molar-refractivity contribution >= 4 is 0 Å². The molecule has 22 heavy (non-hydrogen) atoms. The lowest BCUT2D eigenvalue weighted by atomic mass is 9.89. The molecule has 0 fully saturated rings. The minimum atomic E-state index is -4.40. The number of aliphatic hydroxyl groups excluding tert-OH is 1. The Kier molecular flexibility index (Phi) is 3.64. The summed E-state index contributed by atoms with van der Waals surface area (Å²) in [7, 11) is 0. The van der Waals surface area contributed by atoms with Crippen LogP contribution in [0.25, 0.3) is 11.3 Å². The van der Waals surface area contributed by atoms with E-state index in [0.717, 1.165) is 30.7 Å². The van der Waals surface area contributed by atoms with Gasteiger partial charge >= 0.3 is 6.18 Å². The van der Waals surface area contributed by atoms with Crippen molar-refractivity contribution in [2.24, 2.45) is 0 Å². The first-order chi connectivity index (χ1) is 10.4. The number of fused-ring (bicyclic) bond motifs is 1. The largest absolute Gasteiger partial charge is 0.416 e. The maximum absolute atomic E-state index is 12.8. The van der Waals surface area contributed by atoms with Gasteiger partial charge in [0.05, 0.1) is 23.1 Å². The third kappa shape index (κ3) is 2.59. The fourth-order valence-corrected chi connectivity index (χ4v) is 2.93. The number of halogens is 3. The van der Waals surface area contributed by atoms with Crippen molar-refractivity contribution in [3.8, 4) is 11.3 Å². The number of rotatable bonds is 1. The Bertz CT molecular complexity index is 713. The molecule has 0 radical (unpaired) electrons. The van der Waals surface area contributed by atoms with Crippen LogP contribution in [0.2, 0.25) is 0 Å². The molecule has 116 valence electrons. The van der Waals surface area contributed by atoms with E-state index in [2.05, 4.69) is 10.2 Å². The van der Waals surface area contributed by atoms with E-state index < -0.39 is 17.8 Å². The fourth-order valence-electron chi connectivity index (χ4n) is 2.93. The molecule has 0 bridgehead atoms. The number of benzene rings is 1. The topological polar surface area (TPSA) is 46.0 Å². The molecule has 1 aromatic heterocycles. The predicted molar refractivity (Wildman–Crippen MR) is 75.1 cm³/mol. The van der Waals surface area contributed by atoms with Gasteiger partial charge < -0.3 is 5.11 Å². The molecule has 6 heteroatoms. The quantitative estimate of drug-likeness (QED) is 0.870. The first-order valence-corrected chi connectivity index (χ1v) is 7.09. The SMILES string of the molecule is Cc1c(-c2cccc(C(F)(F)F)c2)nnc2c1C(O)CCC2. The van der Waals surface area contributed by atoms with Gasteiger partial charge in [-0.1, -0.05) is 12.1 Å². The van der Waals surface area contributed by atoms with Crippen LogP contribution in [0.4, 0.5) is 13.2 Å². The Balaban J connectivity index is 2.12. The smallest absolute Gasteiger partial charge is 0.388 e. The second-order valence-corrected chi connectivity index (χ2v) is 5.52. The summed E-state index contributed by atoms with van der Waals surface area (Å²) in [5.41, 5.74) is 2.20. The zero-order valence-corrected chi connectivity index (χ0v) is 12.0. The van der Waals surface area contributed by atoms with Gasteiger partial charge in [0, 0.05) is 11.1 Å². The maximum atomic E-state index is 12.8. The van der Waals surface area contributed by atoms with Gasteiger partial charge in [-0.25, -0.2) is 0 Å². The number of aliphatic hydroxyl groups is 1. The predicted octanol–water partition coefficient (Wildman–Crippen LogP) is 3.84. The molecule has 1 heterocycles. The van der Waals surface area contributed by atoms with Gasteiger partial charge in [0.15, 0.2) is 0 Å². The number of alkyl halides is 3. The Hall–Kier alpha value is -1.95. The van der Waals surface area contributed by atoms with Gasteiger partial charge in [0.1, 0.15) is 0 Å². The van der Waals surface area contributed by atoms with E-state index in [0.29, 0.717) is 28.8 Å². The molecule has 0 saturated carbocycles. The third-order valence-electron chi connectivity index (χ3n) is 4.03. The molecule has 0 spiro atoms. The summed E-state index contributed by atoms with van der Waals surface area (Å²) in [6, 6.07) is 5.03. The van der Waals surface area contributed by atoms with Crippen LogP contribution in [0, 0.1) is 6.92 Å². The fraction of sp³-hybridized carbons (Fsp3) is 0.375. The molecule has 1 aliphatic rings. The third-order valence-corrected chi connectivity index (χ3v) is 4.03. The lowest BCUT2D eigenvalue weighted by Crippen LogP contribution is -2.15. The number of aromatic nitrogens is 2. The van der Waals surface area contributed by atoms with Crippen molar-refractivity contribution < 1.29 is 18.3 Å². The minimum Gasteiger partial charge on any atom is -0.388 e. The van der Waals surface area contributed by atoms with Crippen molar-refractivity contribution in [2.75, 3.05) is 0 Å². The molecule has 1 aliphatic carbocycles. The van der Waals surface area contributed by atoms with Crippen molar-refractivity contribution in [3.05, 3.63) is 46.6 Å².